The quantitative estimate of drug-likeness (QED) is 0.493. The zero-order valence-electron chi connectivity index (χ0n) is 15.8. The van der Waals surface area contributed by atoms with Crippen molar-refractivity contribution in [2.24, 2.45) is 5.10 Å². The number of benzene rings is 2. The van der Waals surface area contributed by atoms with Gasteiger partial charge in [-0.15, -0.1) is 0 Å². The largest absolute Gasteiger partial charge is 0.488 e. The fraction of sp³-hybridized carbons (Fsp3) is 0.318. The van der Waals surface area contributed by atoms with Gasteiger partial charge in [-0.1, -0.05) is 55.3 Å². The highest BCUT2D eigenvalue weighted by Gasteiger charge is 2.22. The SMILES string of the molecule is O=C(NN=Cc1ccccc1OCc1ccccc1)C(=O)N1CCCCCC1. The molecule has 1 fully saturated rings. The van der Waals surface area contributed by atoms with Gasteiger partial charge in [0, 0.05) is 18.7 Å². The van der Waals surface area contributed by atoms with Gasteiger partial charge in [-0.25, -0.2) is 5.43 Å². The lowest BCUT2D eigenvalue weighted by atomic mass is 10.2. The average Bonchev–Trinajstić information content (AvgIpc) is 3.02. The summed E-state index contributed by atoms with van der Waals surface area (Å²) in [5.74, 6) is -0.573. The molecule has 1 heterocycles. The van der Waals surface area contributed by atoms with E-state index >= 15 is 0 Å². The van der Waals surface area contributed by atoms with Crippen LogP contribution in [-0.4, -0.2) is 36.0 Å². The molecule has 0 saturated carbocycles. The van der Waals surface area contributed by atoms with Crippen molar-refractivity contribution in [2.45, 2.75) is 32.3 Å². The van der Waals surface area contributed by atoms with Crippen molar-refractivity contribution in [1.82, 2.24) is 10.3 Å². The van der Waals surface area contributed by atoms with Crippen LogP contribution >= 0.6 is 0 Å². The average molecular weight is 379 g/mol. The molecular formula is C22H25N3O3. The molecular weight excluding hydrogens is 354 g/mol. The van der Waals surface area contributed by atoms with Crippen LogP contribution in [0, 0.1) is 0 Å². The summed E-state index contributed by atoms with van der Waals surface area (Å²) in [5.41, 5.74) is 4.12. The highest BCUT2D eigenvalue weighted by atomic mass is 16.5. The second-order valence-corrected chi connectivity index (χ2v) is 6.72. The summed E-state index contributed by atoms with van der Waals surface area (Å²) >= 11 is 0. The van der Waals surface area contributed by atoms with E-state index in [1.54, 1.807) is 4.90 Å². The Morgan fingerprint density at radius 2 is 1.64 bits per heavy atom. The first-order valence-electron chi connectivity index (χ1n) is 9.62. The van der Waals surface area contributed by atoms with E-state index in [0.29, 0.717) is 25.4 Å². The normalized spacial score (nSPS) is 14.5. The zero-order chi connectivity index (χ0) is 19.6. The molecule has 0 aliphatic carbocycles. The van der Waals surface area contributed by atoms with E-state index in [1.807, 2.05) is 54.6 Å². The molecule has 1 aliphatic rings. The lowest BCUT2D eigenvalue weighted by Crippen LogP contribution is -2.41. The van der Waals surface area contributed by atoms with Gasteiger partial charge < -0.3 is 9.64 Å². The van der Waals surface area contributed by atoms with Gasteiger partial charge in [-0.2, -0.15) is 5.10 Å². The van der Waals surface area contributed by atoms with Crippen molar-refractivity contribution in [1.29, 1.82) is 0 Å². The third-order valence-electron chi connectivity index (χ3n) is 4.61. The molecule has 146 valence electrons. The Morgan fingerprint density at radius 1 is 0.964 bits per heavy atom. The van der Waals surface area contributed by atoms with Crippen molar-refractivity contribution in [3.8, 4) is 5.75 Å². The Morgan fingerprint density at radius 3 is 2.39 bits per heavy atom. The Labute approximate surface area is 165 Å². The van der Waals surface area contributed by atoms with E-state index in [2.05, 4.69) is 10.5 Å². The Hall–Kier alpha value is -3.15. The van der Waals surface area contributed by atoms with E-state index < -0.39 is 11.8 Å². The molecule has 0 bridgehead atoms. The number of rotatable bonds is 5. The maximum atomic E-state index is 12.2. The highest BCUT2D eigenvalue weighted by Crippen LogP contribution is 2.17. The predicted molar refractivity (Wildman–Crippen MR) is 108 cm³/mol. The Kier molecular flexibility index (Phi) is 7.18. The first-order chi connectivity index (χ1) is 13.7. The maximum Gasteiger partial charge on any atom is 0.329 e. The van der Waals surface area contributed by atoms with Crippen molar-refractivity contribution in [3.05, 3.63) is 65.7 Å². The van der Waals surface area contributed by atoms with Gasteiger partial charge in [0.15, 0.2) is 0 Å². The summed E-state index contributed by atoms with van der Waals surface area (Å²) < 4.78 is 5.86. The van der Waals surface area contributed by atoms with Crippen LogP contribution in [0.3, 0.4) is 0 Å². The molecule has 6 nitrogen and oxygen atoms in total. The molecule has 1 aliphatic heterocycles. The molecule has 0 atom stereocenters. The number of carbonyl (C=O) groups is 2. The summed E-state index contributed by atoms with van der Waals surface area (Å²) in [6.45, 7) is 1.70. The summed E-state index contributed by atoms with van der Waals surface area (Å²) in [6, 6.07) is 17.3. The maximum absolute atomic E-state index is 12.2. The van der Waals surface area contributed by atoms with Gasteiger partial charge in [0.25, 0.3) is 0 Å². The van der Waals surface area contributed by atoms with Crippen molar-refractivity contribution < 1.29 is 14.3 Å². The van der Waals surface area contributed by atoms with Crippen LogP contribution in [0.2, 0.25) is 0 Å². The van der Waals surface area contributed by atoms with Crippen LogP contribution in [0.25, 0.3) is 0 Å². The van der Waals surface area contributed by atoms with Crippen LogP contribution in [-0.2, 0) is 16.2 Å². The lowest BCUT2D eigenvalue weighted by molar-refractivity contribution is -0.145. The molecule has 6 heteroatoms. The summed E-state index contributed by atoms with van der Waals surface area (Å²) in [4.78, 5) is 25.9. The second kappa shape index (κ2) is 10.3. The monoisotopic (exact) mass is 379 g/mol. The lowest BCUT2D eigenvalue weighted by Gasteiger charge is -2.18. The van der Waals surface area contributed by atoms with E-state index in [-0.39, 0.29) is 0 Å². The molecule has 0 spiro atoms. The van der Waals surface area contributed by atoms with Crippen LogP contribution in [0.5, 0.6) is 5.75 Å². The fourth-order valence-corrected chi connectivity index (χ4v) is 3.08. The minimum absolute atomic E-state index is 0.436. The summed E-state index contributed by atoms with van der Waals surface area (Å²) in [5, 5.41) is 3.94. The number of nitrogens with zero attached hydrogens (tertiary/aromatic N) is 2. The molecule has 0 unspecified atom stereocenters. The zero-order valence-corrected chi connectivity index (χ0v) is 15.8. The van der Waals surface area contributed by atoms with Crippen molar-refractivity contribution in [2.75, 3.05) is 13.1 Å². The Balaban J connectivity index is 1.56. The molecule has 0 radical (unpaired) electrons. The molecule has 1 N–H and O–H groups in total. The molecule has 0 aromatic heterocycles. The topological polar surface area (TPSA) is 71.0 Å². The number of hydrogen-bond donors (Lipinski definition) is 1. The molecule has 28 heavy (non-hydrogen) atoms. The molecule has 2 aromatic carbocycles. The van der Waals surface area contributed by atoms with E-state index in [9.17, 15) is 9.59 Å². The van der Waals surface area contributed by atoms with Crippen LogP contribution in [0.1, 0.15) is 36.8 Å². The summed E-state index contributed by atoms with van der Waals surface area (Å²) in [6.07, 6.45) is 5.57. The van der Waals surface area contributed by atoms with Crippen molar-refractivity contribution in [3.63, 3.8) is 0 Å². The molecule has 3 rings (SSSR count). The number of likely N-dealkylation sites (tertiary alicyclic amines) is 1. The van der Waals surface area contributed by atoms with Crippen molar-refractivity contribution >= 4 is 18.0 Å². The number of nitrogens with one attached hydrogen (secondary N) is 1. The minimum atomic E-state index is -0.708. The van der Waals surface area contributed by atoms with E-state index in [0.717, 1.165) is 36.8 Å². The second-order valence-electron chi connectivity index (χ2n) is 6.72. The highest BCUT2D eigenvalue weighted by molar-refractivity contribution is 6.35. The first-order valence-corrected chi connectivity index (χ1v) is 9.62. The van der Waals surface area contributed by atoms with Gasteiger partial charge in [0.2, 0.25) is 0 Å². The number of carbonyl (C=O) groups excluding carboxylic acids is 2. The predicted octanol–water partition coefficient (Wildman–Crippen LogP) is 3.12. The van der Waals surface area contributed by atoms with Gasteiger partial charge in [-0.3, -0.25) is 9.59 Å². The van der Waals surface area contributed by atoms with E-state index in [1.165, 1.54) is 6.21 Å². The van der Waals surface area contributed by atoms with E-state index in [4.69, 9.17) is 4.74 Å². The Bertz CT molecular complexity index is 813. The number of ether oxygens (including phenoxy) is 1. The van der Waals surface area contributed by atoms with Crippen LogP contribution in [0.15, 0.2) is 59.7 Å². The number of para-hydroxylation sites is 1. The fourth-order valence-electron chi connectivity index (χ4n) is 3.08. The van der Waals surface area contributed by atoms with Gasteiger partial charge in [0.1, 0.15) is 12.4 Å². The molecule has 2 aromatic rings. The van der Waals surface area contributed by atoms with Gasteiger partial charge in [0.05, 0.1) is 6.21 Å². The van der Waals surface area contributed by atoms with Crippen LogP contribution < -0.4 is 10.2 Å². The third-order valence-corrected chi connectivity index (χ3v) is 4.61. The first kappa shape index (κ1) is 19.6. The number of hydrogen-bond acceptors (Lipinski definition) is 4. The number of hydrazone groups is 1. The summed E-state index contributed by atoms with van der Waals surface area (Å²) in [7, 11) is 0. The number of amides is 2. The standard InChI is InChI=1S/C22H25N3O3/c26-21(22(27)25-14-8-1-2-9-15-25)24-23-16-19-12-6-7-13-20(19)28-17-18-10-4-3-5-11-18/h3-7,10-13,16H,1-2,8-9,14-15,17H2,(H,24,26). The van der Waals surface area contributed by atoms with Gasteiger partial charge in [-0.05, 0) is 30.5 Å². The van der Waals surface area contributed by atoms with Crippen LogP contribution in [0.4, 0.5) is 0 Å². The smallest absolute Gasteiger partial charge is 0.329 e. The third kappa shape index (κ3) is 5.67. The molecule has 1 saturated heterocycles. The van der Waals surface area contributed by atoms with Gasteiger partial charge >= 0.3 is 11.8 Å². The minimum Gasteiger partial charge on any atom is -0.488 e. The molecule has 2 amide bonds.